The number of hydrogen-bond donors (Lipinski definition) is 1. The molecule has 0 bridgehead atoms. The van der Waals surface area contributed by atoms with Gasteiger partial charge in [0.25, 0.3) is 4.83 Å². The molecule has 2 aromatic heterocycles. The molecule has 0 amide bonds. The number of rotatable bonds is 3. The Kier molecular flexibility index (Phi) is 5.94. The Morgan fingerprint density at radius 2 is 1.48 bits per heavy atom. The molecule has 0 aliphatic rings. The summed E-state index contributed by atoms with van der Waals surface area (Å²) < 4.78 is 3.51. The minimum Gasteiger partial charge on any atom is -1.00 e. The van der Waals surface area contributed by atoms with E-state index in [4.69, 9.17) is 5.73 Å². The summed E-state index contributed by atoms with van der Waals surface area (Å²) in [6, 6.07) is 27.3. The highest BCUT2D eigenvalue weighted by Crippen LogP contribution is 2.37. The van der Waals surface area contributed by atoms with Gasteiger partial charge in [0.2, 0.25) is 5.52 Å². The standard InChI is InChI=1S/C27H23N2S.BrH/c1-18-22(17-16-20-10-5-3-6-11-20)19(2)29-24-15-9-14-23(28)26(24)30-27(29)25(18)21-12-7-4-8-13-21;/h3-17H,28H2,1-2H3;1H/q+1;/p-1. The van der Waals surface area contributed by atoms with Crippen LogP contribution in [-0.4, -0.2) is 0 Å². The second kappa shape index (κ2) is 8.66. The maximum Gasteiger partial charge on any atom is 0.276 e. The first-order valence-corrected chi connectivity index (χ1v) is 10.9. The molecule has 2 N–H and O–H groups in total. The third kappa shape index (κ3) is 3.67. The van der Waals surface area contributed by atoms with Gasteiger partial charge in [-0.25, -0.2) is 0 Å². The smallest absolute Gasteiger partial charge is 0.276 e. The average Bonchev–Trinajstić information content (AvgIpc) is 3.16. The van der Waals surface area contributed by atoms with Crippen LogP contribution in [0.5, 0.6) is 0 Å². The summed E-state index contributed by atoms with van der Waals surface area (Å²) in [6.07, 6.45) is 4.44. The first-order chi connectivity index (χ1) is 14.6. The van der Waals surface area contributed by atoms with E-state index in [2.05, 4.69) is 91.1 Å². The minimum atomic E-state index is 0. The van der Waals surface area contributed by atoms with Gasteiger partial charge >= 0.3 is 0 Å². The number of halogens is 1. The highest BCUT2D eigenvalue weighted by molar-refractivity contribution is 7.24. The molecule has 0 saturated carbocycles. The van der Waals surface area contributed by atoms with E-state index < -0.39 is 0 Å². The first-order valence-electron chi connectivity index (χ1n) is 10.1. The number of aryl methyl sites for hydroxylation is 1. The van der Waals surface area contributed by atoms with Crippen molar-refractivity contribution in [2.45, 2.75) is 13.8 Å². The van der Waals surface area contributed by atoms with Crippen molar-refractivity contribution in [1.29, 1.82) is 0 Å². The zero-order valence-corrected chi connectivity index (χ0v) is 19.9. The summed E-state index contributed by atoms with van der Waals surface area (Å²) in [6.45, 7) is 4.43. The van der Waals surface area contributed by atoms with Crippen LogP contribution in [0, 0.1) is 13.8 Å². The summed E-state index contributed by atoms with van der Waals surface area (Å²) in [5.74, 6) is 0. The molecule has 0 atom stereocenters. The lowest BCUT2D eigenvalue weighted by molar-refractivity contribution is -0.485. The second-order valence-electron chi connectivity index (χ2n) is 7.55. The van der Waals surface area contributed by atoms with Crippen molar-refractivity contribution in [3.05, 3.63) is 101 Å². The Morgan fingerprint density at radius 1 is 0.806 bits per heavy atom. The maximum atomic E-state index is 6.35. The quantitative estimate of drug-likeness (QED) is 0.306. The van der Waals surface area contributed by atoms with Crippen molar-refractivity contribution in [1.82, 2.24) is 0 Å². The molecule has 0 fully saturated rings. The lowest BCUT2D eigenvalue weighted by atomic mass is 9.96. The van der Waals surface area contributed by atoms with Crippen molar-refractivity contribution in [2.75, 3.05) is 5.73 Å². The topological polar surface area (TPSA) is 30.1 Å². The van der Waals surface area contributed by atoms with Crippen molar-refractivity contribution < 1.29 is 21.4 Å². The van der Waals surface area contributed by atoms with E-state index in [0.29, 0.717) is 0 Å². The number of thiazole rings is 1. The number of pyridine rings is 1. The molecule has 0 saturated heterocycles. The van der Waals surface area contributed by atoms with Crippen LogP contribution in [0.3, 0.4) is 0 Å². The van der Waals surface area contributed by atoms with Gasteiger partial charge in [0.15, 0.2) is 5.69 Å². The second-order valence-corrected chi connectivity index (χ2v) is 8.55. The fourth-order valence-corrected chi connectivity index (χ4v) is 5.54. The average molecular weight is 487 g/mol. The number of nitrogens with zero attached hydrogens (tertiary/aromatic N) is 1. The van der Waals surface area contributed by atoms with Gasteiger partial charge in [-0.1, -0.05) is 84.1 Å². The highest BCUT2D eigenvalue weighted by Gasteiger charge is 2.27. The van der Waals surface area contributed by atoms with Crippen molar-refractivity contribution in [3.63, 3.8) is 0 Å². The number of fused-ring (bicyclic) bond motifs is 3. The third-order valence-corrected chi connectivity index (χ3v) is 6.92. The fraction of sp³-hybridized carbons (Fsp3) is 0.0741. The predicted molar refractivity (Wildman–Crippen MR) is 130 cm³/mol. The monoisotopic (exact) mass is 486 g/mol. The number of anilines is 1. The van der Waals surface area contributed by atoms with Gasteiger partial charge in [-0.3, -0.25) is 0 Å². The molecule has 0 spiro atoms. The van der Waals surface area contributed by atoms with Crippen LogP contribution in [0.25, 0.3) is 38.3 Å². The first kappa shape index (κ1) is 21.3. The molecule has 0 aliphatic heterocycles. The molecule has 154 valence electrons. The molecule has 31 heavy (non-hydrogen) atoms. The maximum absolute atomic E-state index is 6.35. The number of nitrogen functional groups attached to an aromatic ring is 1. The van der Waals surface area contributed by atoms with E-state index in [-0.39, 0.29) is 17.0 Å². The van der Waals surface area contributed by atoms with Crippen LogP contribution in [0.15, 0.2) is 78.9 Å². The molecule has 2 nitrogen and oxygen atoms in total. The van der Waals surface area contributed by atoms with Gasteiger partial charge in [0, 0.05) is 18.6 Å². The Labute approximate surface area is 197 Å². The van der Waals surface area contributed by atoms with E-state index >= 15 is 0 Å². The summed E-state index contributed by atoms with van der Waals surface area (Å²) in [5, 5.41) is 0. The van der Waals surface area contributed by atoms with Crippen molar-refractivity contribution >= 4 is 44.2 Å². The zero-order chi connectivity index (χ0) is 20.7. The largest absolute Gasteiger partial charge is 1.00 e. The van der Waals surface area contributed by atoms with Crippen LogP contribution >= 0.6 is 11.3 Å². The predicted octanol–water partition coefficient (Wildman–Crippen LogP) is 3.68. The summed E-state index contributed by atoms with van der Waals surface area (Å²) in [4.78, 5) is 1.24. The third-order valence-electron chi connectivity index (χ3n) is 5.69. The Morgan fingerprint density at radius 3 is 2.19 bits per heavy atom. The van der Waals surface area contributed by atoms with Crippen LogP contribution in [0.4, 0.5) is 5.69 Å². The summed E-state index contributed by atoms with van der Waals surface area (Å²) in [5.41, 5.74) is 15.8. The van der Waals surface area contributed by atoms with Crippen molar-refractivity contribution in [3.8, 4) is 11.1 Å². The molecular formula is C27H23BrN2S. The van der Waals surface area contributed by atoms with Gasteiger partial charge in [-0.2, -0.15) is 0 Å². The van der Waals surface area contributed by atoms with Gasteiger partial charge < -0.3 is 22.7 Å². The highest BCUT2D eigenvalue weighted by atomic mass is 79.9. The number of benzene rings is 3. The molecule has 0 radical (unpaired) electrons. The molecular weight excluding hydrogens is 464 g/mol. The number of aromatic nitrogens is 1. The molecule has 0 aliphatic carbocycles. The van der Waals surface area contributed by atoms with E-state index in [1.54, 1.807) is 11.3 Å². The number of hydrogen-bond acceptors (Lipinski definition) is 2. The zero-order valence-electron chi connectivity index (χ0n) is 17.5. The van der Waals surface area contributed by atoms with Gasteiger partial charge in [0.05, 0.1) is 11.3 Å². The van der Waals surface area contributed by atoms with Crippen molar-refractivity contribution in [2.24, 2.45) is 0 Å². The fourth-order valence-electron chi connectivity index (χ4n) is 4.20. The summed E-state index contributed by atoms with van der Waals surface area (Å²) >= 11 is 1.78. The van der Waals surface area contributed by atoms with E-state index in [0.717, 1.165) is 10.4 Å². The van der Waals surface area contributed by atoms with Crippen LogP contribution < -0.4 is 27.1 Å². The molecule has 5 aromatic rings. The van der Waals surface area contributed by atoms with Crippen LogP contribution in [0.2, 0.25) is 0 Å². The Bertz CT molecular complexity index is 1400. The van der Waals surface area contributed by atoms with Gasteiger partial charge in [-0.15, -0.1) is 4.40 Å². The van der Waals surface area contributed by atoms with E-state index in [9.17, 15) is 0 Å². The number of nitrogens with two attached hydrogens (primary N) is 1. The normalized spacial score (nSPS) is 11.3. The van der Waals surface area contributed by atoms with Gasteiger partial charge in [-0.05, 0) is 35.8 Å². The van der Waals surface area contributed by atoms with E-state index in [1.165, 1.54) is 43.9 Å². The summed E-state index contributed by atoms with van der Waals surface area (Å²) in [7, 11) is 0. The SMILES string of the molecule is Cc1c(C=Cc2ccccc2)c(C)[n+]2c(sc3c(N)cccc32)c1-c1ccccc1.[Br-]. The molecule has 5 rings (SSSR count). The molecule has 2 heterocycles. The van der Waals surface area contributed by atoms with Crippen LogP contribution in [-0.2, 0) is 0 Å². The lowest BCUT2D eigenvalue weighted by Gasteiger charge is -2.10. The minimum absolute atomic E-state index is 0. The van der Waals surface area contributed by atoms with E-state index in [1.807, 2.05) is 18.2 Å². The Balaban J connectivity index is 0.00000231. The van der Waals surface area contributed by atoms with Crippen LogP contribution in [0.1, 0.15) is 22.4 Å². The lowest BCUT2D eigenvalue weighted by Crippen LogP contribution is -3.00. The Hall–Kier alpha value is -2.95. The molecule has 4 heteroatoms. The molecule has 3 aromatic carbocycles. The molecule has 0 unspecified atom stereocenters. The van der Waals surface area contributed by atoms with Gasteiger partial charge in [0.1, 0.15) is 4.70 Å².